The second-order valence-electron chi connectivity index (χ2n) is 5.40. The summed E-state index contributed by atoms with van der Waals surface area (Å²) in [6.07, 6.45) is 0. The molecule has 0 unspecified atom stereocenters. The number of esters is 2. The maximum atomic E-state index is 13.3. The topological polar surface area (TPSA) is 90.0 Å². The highest BCUT2D eigenvalue weighted by Gasteiger charge is 2.32. The van der Waals surface area contributed by atoms with Crippen LogP contribution in [-0.2, 0) is 24.3 Å². The van der Waals surface area contributed by atoms with Crippen LogP contribution in [0.1, 0.15) is 17.3 Å². The van der Waals surface area contributed by atoms with E-state index in [1.807, 2.05) is 0 Å². The largest absolute Gasteiger partial charge is 0.465 e. The molecule has 10 heteroatoms. The van der Waals surface area contributed by atoms with E-state index in [4.69, 9.17) is 32.7 Å². The Hall–Kier alpha value is -2.29. The Morgan fingerprint density at radius 2 is 1.79 bits per heavy atom. The Kier molecular flexibility index (Phi) is 7.29. The number of nitrogens with zero attached hydrogens (tertiary/aromatic N) is 1. The zero-order chi connectivity index (χ0) is 20.9. The number of rotatable bonds is 7. The summed E-state index contributed by atoms with van der Waals surface area (Å²) in [6.45, 7) is 0.975. The van der Waals surface area contributed by atoms with Crippen LogP contribution in [0.3, 0.4) is 0 Å². The molecule has 0 aliphatic heterocycles. The number of methoxy groups -OCH3 is 1. The van der Waals surface area contributed by atoms with Crippen molar-refractivity contribution in [2.45, 2.75) is 11.8 Å². The van der Waals surface area contributed by atoms with Crippen molar-refractivity contribution in [2.24, 2.45) is 0 Å². The summed E-state index contributed by atoms with van der Waals surface area (Å²) < 4.78 is 37.0. The van der Waals surface area contributed by atoms with Crippen molar-refractivity contribution < 1.29 is 27.5 Å². The molecule has 0 radical (unpaired) electrons. The second kappa shape index (κ2) is 9.27. The minimum atomic E-state index is -4.38. The predicted octanol–water partition coefficient (Wildman–Crippen LogP) is 3.54. The Morgan fingerprint density at radius 3 is 2.43 bits per heavy atom. The lowest BCUT2D eigenvalue weighted by Gasteiger charge is -2.25. The molecule has 7 nitrogen and oxygen atoms in total. The fourth-order valence-corrected chi connectivity index (χ4v) is 4.56. The Morgan fingerprint density at radius 1 is 1.11 bits per heavy atom. The summed E-state index contributed by atoms with van der Waals surface area (Å²) in [4.78, 5) is 23.9. The first-order valence-corrected chi connectivity index (χ1v) is 10.2. The molecule has 2 aromatic carbocycles. The van der Waals surface area contributed by atoms with Gasteiger partial charge < -0.3 is 9.47 Å². The van der Waals surface area contributed by atoms with E-state index < -0.39 is 28.5 Å². The summed E-state index contributed by atoms with van der Waals surface area (Å²) in [5, 5.41) is 0.0501. The van der Waals surface area contributed by atoms with Crippen molar-refractivity contribution in [1.82, 2.24) is 0 Å². The van der Waals surface area contributed by atoms with E-state index in [0.717, 1.165) is 17.5 Å². The van der Waals surface area contributed by atoms with Gasteiger partial charge in [0.2, 0.25) is 0 Å². The van der Waals surface area contributed by atoms with E-state index in [1.165, 1.54) is 36.4 Å². The zero-order valence-electron chi connectivity index (χ0n) is 15.0. The van der Waals surface area contributed by atoms with Crippen LogP contribution in [0, 0.1) is 0 Å². The van der Waals surface area contributed by atoms with Crippen LogP contribution in [0.4, 0.5) is 5.69 Å². The van der Waals surface area contributed by atoms with Crippen molar-refractivity contribution in [2.75, 3.05) is 24.6 Å². The van der Waals surface area contributed by atoms with Gasteiger partial charge in [-0.15, -0.1) is 0 Å². The van der Waals surface area contributed by atoms with Gasteiger partial charge in [-0.2, -0.15) is 0 Å². The number of hydrogen-bond acceptors (Lipinski definition) is 6. The monoisotopic (exact) mass is 445 g/mol. The number of ether oxygens (including phenoxy) is 2. The van der Waals surface area contributed by atoms with Crippen LogP contribution >= 0.6 is 23.2 Å². The minimum absolute atomic E-state index is 0.0453. The van der Waals surface area contributed by atoms with Gasteiger partial charge in [0.25, 0.3) is 10.0 Å². The summed E-state index contributed by atoms with van der Waals surface area (Å²) in [6, 6.07) is 9.74. The molecule has 0 aliphatic carbocycles. The van der Waals surface area contributed by atoms with Crippen LogP contribution < -0.4 is 4.31 Å². The number of benzene rings is 2. The van der Waals surface area contributed by atoms with Gasteiger partial charge in [-0.1, -0.05) is 35.3 Å². The molecule has 0 heterocycles. The maximum absolute atomic E-state index is 13.3. The molecule has 0 N–H and O–H groups in total. The Labute approximate surface area is 172 Å². The number of hydrogen-bond donors (Lipinski definition) is 0. The van der Waals surface area contributed by atoms with Crippen molar-refractivity contribution in [1.29, 1.82) is 0 Å². The molecule has 2 rings (SSSR count). The maximum Gasteiger partial charge on any atom is 0.340 e. The molecule has 28 heavy (non-hydrogen) atoms. The summed E-state index contributed by atoms with van der Waals surface area (Å²) >= 11 is 12.0. The van der Waals surface area contributed by atoms with Crippen molar-refractivity contribution in [3.63, 3.8) is 0 Å². The SMILES string of the molecule is CCOC(=O)CN(c1ccccc1C(=O)OC)S(=O)(=O)c1cc(Cl)ccc1Cl. The van der Waals surface area contributed by atoms with E-state index in [9.17, 15) is 18.0 Å². The fraction of sp³-hybridized carbons (Fsp3) is 0.222. The third-order valence-electron chi connectivity index (χ3n) is 3.62. The van der Waals surface area contributed by atoms with Crippen LogP contribution in [-0.4, -0.2) is 40.6 Å². The molecule has 0 bridgehead atoms. The average Bonchev–Trinajstić information content (AvgIpc) is 2.67. The highest BCUT2D eigenvalue weighted by Crippen LogP contribution is 2.32. The van der Waals surface area contributed by atoms with Gasteiger partial charge in [0.15, 0.2) is 0 Å². The molecule has 0 atom stereocenters. The molecule has 0 saturated heterocycles. The fourth-order valence-electron chi connectivity index (χ4n) is 2.39. The molecule has 0 saturated carbocycles. The van der Waals surface area contributed by atoms with E-state index >= 15 is 0 Å². The van der Waals surface area contributed by atoms with Crippen molar-refractivity contribution in [3.05, 3.63) is 58.1 Å². The molecule has 2 aromatic rings. The van der Waals surface area contributed by atoms with E-state index in [2.05, 4.69) is 0 Å². The Balaban J connectivity index is 2.69. The standard InChI is InChI=1S/C18H17Cl2NO6S/c1-3-27-17(22)11-21(15-7-5-4-6-13(15)18(23)26-2)28(24,25)16-10-12(19)8-9-14(16)20/h4-10H,3,11H2,1-2H3. The third kappa shape index (κ3) is 4.76. The smallest absolute Gasteiger partial charge is 0.340 e. The molecule has 0 amide bonds. The number of halogens is 2. The van der Waals surface area contributed by atoms with Crippen LogP contribution in [0.25, 0.3) is 0 Å². The van der Waals surface area contributed by atoms with Crippen LogP contribution in [0.15, 0.2) is 47.4 Å². The molecular weight excluding hydrogens is 429 g/mol. The van der Waals surface area contributed by atoms with Gasteiger partial charge in [0.1, 0.15) is 11.4 Å². The summed E-state index contributed by atoms with van der Waals surface area (Å²) in [5.41, 5.74) is -0.102. The number of carbonyl (C=O) groups excluding carboxylic acids is 2. The molecule has 150 valence electrons. The highest BCUT2D eigenvalue weighted by atomic mass is 35.5. The number of carbonyl (C=O) groups is 2. The van der Waals surface area contributed by atoms with Gasteiger partial charge in [-0.05, 0) is 37.3 Å². The van der Waals surface area contributed by atoms with Gasteiger partial charge in [-0.3, -0.25) is 9.10 Å². The molecule has 0 spiro atoms. The normalized spacial score (nSPS) is 11.0. The molecule has 0 aliphatic rings. The Bertz CT molecular complexity index is 993. The lowest BCUT2D eigenvalue weighted by atomic mass is 10.2. The molecule has 0 aromatic heterocycles. The number of sulfonamides is 1. The van der Waals surface area contributed by atoms with Gasteiger partial charge >= 0.3 is 11.9 Å². The third-order valence-corrected chi connectivity index (χ3v) is 6.09. The van der Waals surface area contributed by atoms with Crippen LogP contribution in [0.2, 0.25) is 10.0 Å². The number of para-hydroxylation sites is 1. The zero-order valence-corrected chi connectivity index (χ0v) is 17.3. The quantitative estimate of drug-likeness (QED) is 0.605. The first-order chi connectivity index (χ1) is 13.2. The first-order valence-electron chi connectivity index (χ1n) is 8.03. The predicted molar refractivity (Wildman–Crippen MR) is 105 cm³/mol. The number of anilines is 1. The average molecular weight is 446 g/mol. The van der Waals surface area contributed by atoms with Crippen molar-refractivity contribution >= 4 is 50.9 Å². The molecular formula is C18H17Cl2NO6S. The van der Waals surface area contributed by atoms with Gasteiger partial charge in [-0.25, -0.2) is 13.2 Å². The highest BCUT2D eigenvalue weighted by molar-refractivity contribution is 7.93. The summed E-state index contributed by atoms with van der Waals surface area (Å²) in [5.74, 6) is -1.57. The first kappa shape index (κ1) is 22.0. The van der Waals surface area contributed by atoms with Crippen molar-refractivity contribution in [3.8, 4) is 0 Å². The lowest BCUT2D eigenvalue weighted by Crippen LogP contribution is -2.37. The minimum Gasteiger partial charge on any atom is -0.465 e. The van der Waals surface area contributed by atoms with E-state index in [0.29, 0.717) is 0 Å². The van der Waals surface area contributed by atoms with Crippen LogP contribution in [0.5, 0.6) is 0 Å². The van der Waals surface area contributed by atoms with Gasteiger partial charge in [0.05, 0.1) is 30.0 Å². The van der Waals surface area contributed by atoms with E-state index in [1.54, 1.807) is 6.92 Å². The second-order valence-corrected chi connectivity index (χ2v) is 8.07. The van der Waals surface area contributed by atoms with Gasteiger partial charge in [0, 0.05) is 5.02 Å². The summed E-state index contributed by atoms with van der Waals surface area (Å²) in [7, 11) is -3.21. The lowest BCUT2D eigenvalue weighted by molar-refractivity contribution is -0.141. The molecule has 0 fully saturated rings. The van der Waals surface area contributed by atoms with E-state index in [-0.39, 0.29) is 32.8 Å².